The molecule has 0 aliphatic heterocycles. The summed E-state index contributed by atoms with van der Waals surface area (Å²) in [5.74, 6) is -0.309. The van der Waals surface area contributed by atoms with Crippen LogP contribution >= 0.6 is 11.6 Å². The fourth-order valence-corrected chi connectivity index (χ4v) is 2.21. The van der Waals surface area contributed by atoms with Crippen LogP contribution in [0, 0.1) is 11.3 Å². The predicted octanol–water partition coefficient (Wildman–Crippen LogP) is 3.43. The van der Waals surface area contributed by atoms with Gasteiger partial charge in [-0.15, -0.1) is 10.2 Å². The van der Waals surface area contributed by atoms with E-state index in [1.165, 1.54) is 12.3 Å². The van der Waals surface area contributed by atoms with Gasteiger partial charge in [-0.2, -0.15) is 10.2 Å². The molecule has 0 saturated heterocycles. The van der Waals surface area contributed by atoms with Crippen LogP contribution in [0.1, 0.15) is 23.0 Å². The number of rotatable bonds is 5. The lowest BCUT2D eigenvalue weighted by atomic mass is 10.1. The highest BCUT2D eigenvalue weighted by Crippen LogP contribution is 2.25. The SMILES string of the molecule is CCOC(=O)c1nnc(-c2cccc(C#N)c2)nc1Oc1ccc(Cl)nc1. The van der Waals surface area contributed by atoms with Crippen molar-refractivity contribution < 1.29 is 14.3 Å². The molecular formula is C18H12ClN5O3. The minimum atomic E-state index is -0.716. The predicted molar refractivity (Wildman–Crippen MR) is 95.3 cm³/mol. The van der Waals surface area contributed by atoms with E-state index in [0.717, 1.165) is 0 Å². The molecule has 134 valence electrons. The number of halogens is 1. The molecule has 0 saturated carbocycles. The van der Waals surface area contributed by atoms with Crippen LogP contribution in [0.4, 0.5) is 0 Å². The standard InChI is InChI=1S/C18H12ClN5O3/c1-2-26-18(25)15-17(27-13-6-7-14(19)21-10-13)22-16(24-23-15)12-5-3-4-11(8-12)9-20/h3-8,10H,2H2,1H3. The van der Waals surface area contributed by atoms with Gasteiger partial charge in [0.05, 0.1) is 24.4 Å². The first-order valence-electron chi connectivity index (χ1n) is 7.82. The highest BCUT2D eigenvalue weighted by molar-refractivity contribution is 6.29. The minimum Gasteiger partial charge on any atom is -0.461 e. The molecule has 0 aliphatic rings. The number of hydrogen-bond acceptors (Lipinski definition) is 8. The zero-order chi connectivity index (χ0) is 19.2. The van der Waals surface area contributed by atoms with Gasteiger partial charge in [-0.3, -0.25) is 0 Å². The van der Waals surface area contributed by atoms with Crippen LogP contribution in [0.15, 0.2) is 42.6 Å². The zero-order valence-electron chi connectivity index (χ0n) is 14.1. The third-order valence-corrected chi connectivity index (χ3v) is 3.51. The van der Waals surface area contributed by atoms with Crippen LogP contribution in [0.5, 0.6) is 11.6 Å². The molecule has 27 heavy (non-hydrogen) atoms. The highest BCUT2D eigenvalue weighted by Gasteiger charge is 2.21. The Kier molecular flexibility index (Phi) is 5.54. The van der Waals surface area contributed by atoms with E-state index in [2.05, 4.69) is 20.2 Å². The first kappa shape index (κ1) is 18.2. The van der Waals surface area contributed by atoms with Crippen LogP contribution in [0.3, 0.4) is 0 Å². The highest BCUT2D eigenvalue weighted by atomic mass is 35.5. The molecule has 2 heterocycles. The number of pyridine rings is 1. The number of benzene rings is 1. The quantitative estimate of drug-likeness (QED) is 0.488. The van der Waals surface area contributed by atoms with Gasteiger partial charge in [-0.25, -0.2) is 9.78 Å². The summed E-state index contributed by atoms with van der Waals surface area (Å²) >= 11 is 5.77. The Morgan fingerprint density at radius 1 is 1.26 bits per heavy atom. The number of esters is 1. The fourth-order valence-electron chi connectivity index (χ4n) is 2.09. The number of carbonyl (C=O) groups excluding carboxylic acids is 1. The Hall–Kier alpha value is -3.57. The van der Waals surface area contributed by atoms with Gasteiger partial charge in [0.1, 0.15) is 10.9 Å². The van der Waals surface area contributed by atoms with Crippen LogP contribution < -0.4 is 4.74 Å². The normalized spacial score (nSPS) is 10.1. The van der Waals surface area contributed by atoms with Crippen molar-refractivity contribution in [2.45, 2.75) is 6.92 Å². The van der Waals surface area contributed by atoms with Crippen molar-refractivity contribution in [1.29, 1.82) is 5.26 Å². The van der Waals surface area contributed by atoms with Gasteiger partial charge in [0.25, 0.3) is 5.88 Å². The maximum atomic E-state index is 12.1. The second kappa shape index (κ2) is 8.21. The van der Waals surface area contributed by atoms with Gasteiger partial charge in [0.2, 0.25) is 5.69 Å². The van der Waals surface area contributed by atoms with Gasteiger partial charge in [0.15, 0.2) is 5.82 Å². The largest absolute Gasteiger partial charge is 0.461 e. The van der Waals surface area contributed by atoms with Crippen molar-refractivity contribution in [3.63, 3.8) is 0 Å². The number of nitrogens with zero attached hydrogens (tertiary/aromatic N) is 5. The number of ether oxygens (including phenoxy) is 2. The van der Waals surface area contributed by atoms with E-state index in [4.69, 9.17) is 26.3 Å². The minimum absolute atomic E-state index is 0.0927. The van der Waals surface area contributed by atoms with Crippen molar-refractivity contribution in [1.82, 2.24) is 20.2 Å². The van der Waals surface area contributed by atoms with E-state index in [1.54, 1.807) is 37.3 Å². The summed E-state index contributed by atoms with van der Waals surface area (Å²) in [6, 6.07) is 11.8. The second-order valence-electron chi connectivity index (χ2n) is 5.12. The molecule has 0 fully saturated rings. The molecule has 8 nitrogen and oxygen atoms in total. The number of aromatic nitrogens is 4. The second-order valence-corrected chi connectivity index (χ2v) is 5.51. The summed E-state index contributed by atoms with van der Waals surface area (Å²) < 4.78 is 10.6. The molecule has 0 bridgehead atoms. The van der Waals surface area contributed by atoms with Crippen LogP contribution in [-0.2, 0) is 4.74 Å². The van der Waals surface area contributed by atoms with E-state index in [1.807, 2.05) is 6.07 Å². The lowest BCUT2D eigenvalue weighted by Crippen LogP contribution is -2.12. The molecule has 0 amide bonds. The van der Waals surface area contributed by atoms with E-state index < -0.39 is 5.97 Å². The summed E-state index contributed by atoms with van der Waals surface area (Å²) in [6.45, 7) is 1.83. The van der Waals surface area contributed by atoms with Crippen molar-refractivity contribution in [2.75, 3.05) is 6.61 Å². The summed E-state index contributed by atoms with van der Waals surface area (Å²) in [4.78, 5) is 20.3. The Balaban J connectivity index is 2.04. The Morgan fingerprint density at radius 2 is 2.11 bits per heavy atom. The molecule has 1 aromatic carbocycles. The van der Waals surface area contributed by atoms with Crippen molar-refractivity contribution in [3.8, 4) is 29.1 Å². The van der Waals surface area contributed by atoms with Crippen molar-refractivity contribution in [2.24, 2.45) is 0 Å². The number of carbonyl (C=O) groups is 1. The zero-order valence-corrected chi connectivity index (χ0v) is 14.8. The third kappa shape index (κ3) is 4.34. The van der Waals surface area contributed by atoms with E-state index in [9.17, 15) is 4.79 Å². The van der Waals surface area contributed by atoms with Crippen LogP contribution in [0.25, 0.3) is 11.4 Å². The summed E-state index contributed by atoms with van der Waals surface area (Å²) in [5.41, 5.74) is 0.818. The van der Waals surface area contributed by atoms with E-state index >= 15 is 0 Å². The van der Waals surface area contributed by atoms with Gasteiger partial charge in [-0.1, -0.05) is 23.7 Å². The fraction of sp³-hybridized carbons (Fsp3) is 0.111. The Morgan fingerprint density at radius 3 is 2.81 bits per heavy atom. The van der Waals surface area contributed by atoms with Gasteiger partial charge in [-0.05, 0) is 31.2 Å². The molecule has 0 atom stereocenters. The van der Waals surface area contributed by atoms with Crippen molar-refractivity contribution >= 4 is 17.6 Å². The molecule has 9 heteroatoms. The first-order valence-corrected chi connectivity index (χ1v) is 8.20. The molecule has 0 spiro atoms. The Bertz CT molecular complexity index is 1020. The maximum absolute atomic E-state index is 12.1. The van der Waals surface area contributed by atoms with E-state index in [-0.39, 0.29) is 24.0 Å². The molecule has 0 unspecified atom stereocenters. The topological polar surface area (TPSA) is 111 Å². The smallest absolute Gasteiger partial charge is 0.364 e. The summed E-state index contributed by atoms with van der Waals surface area (Å²) in [5, 5.41) is 17.2. The number of nitriles is 1. The van der Waals surface area contributed by atoms with Crippen LogP contribution in [0.2, 0.25) is 5.15 Å². The lowest BCUT2D eigenvalue weighted by molar-refractivity contribution is 0.0514. The first-order chi connectivity index (χ1) is 13.1. The van der Waals surface area contributed by atoms with Crippen molar-refractivity contribution in [3.05, 3.63) is 59.0 Å². The molecule has 0 N–H and O–H groups in total. The molecular weight excluding hydrogens is 370 g/mol. The van der Waals surface area contributed by atoms with Gasteiger partial charge in [0, 0.05) is 5.56 Å². The van der Waals surface area contributed by atoms with E-state index in [0.29, 0.717) is 22.0 Å². The molecule has 0 aliphatic carbocycles. The third-order valence-electron chi connectivity index (χ3n) is 3.29. The average molecular weight is 382 g/mol. The number of hydrogen-bond donors (Lipinski definition) is 0. The summed E-state index contributed by atoms with van der Waals surface area (Å²) in [6.07, 6.45) is 1.38. The monoisotopic (exact) mass is 381 g/mol. The summed E-state index contributed by atoms with van der Waals surface area (Å²) in [7, 11) is 0. The van der Waals surface area contributed by atoms with Gasteiger partial charge >= 0.3 is 5.97 Å². The molecule has 3 rings (SSSR count). The maximum Gasteiger partial charge on any atom is 0.364 e. The Labute approximate surface area is 159 Å². The lowest BCUT2D eigenvalue weighted by Gasteiger charge is -2.09. The molecule has 0 radical (unpaired) electrons. The van der Waals surface area contributed by atoms with Crippen LogP contribution in [-0.4, -0.2) is 32.7 Å². The molecule has 3 aromatic rings. The molecule has 2 aromatic heterocycles. The van der Waals surface area contributed by atoms with Gasteiger partial charge < -0.3 is 9.47 Å². The average Bonchev–Trinajstić information content (AvgIpc) is 2.70.